The summed E-state index contributed by atoms with van der Waals surface area (Å²) in [5.74, 6) is 1.15. The largest absolute Gasteiger partial charge is 0.485 e. The van der Waals surface area contributed by atoms with Crippen LogP contribution in [-0.2, 0) is 6.54 Å². The van der Waals surface area contributed by atoms with Crippen LogP contribution in [-0.4, -0.2) is 34.7 Å². The molecule has 0 fully saturated rings. The summed E-state index contributed by atoms with van der Waals surface area (Å²) >= 11 is 0. The zero-order chi connectivity index (χ0) is 20.5. The monoisotopic (exact) mass is 395 g/mol. The number of aromatic amines is 1. The molecule has 0 bridgehead atoms. The van der Waals surface area contributed by atoms with Gasteiger partial charge in [-0.3, -0.25) is 9.89 Å². The summed E-state index contributed by atoms with van der Waals surface area (Å²) in [5, 5.41) is 6.78. The van der Waals surface area contributed by atoms with Gasteiger partial charge in [-0.25, -0.2) is 4.79 Å². The smallest absolute Gasteiger partial charge is 0.349 e. The molecule has 0 saturated heterocycles. The lowest BCUT2D eigenvalue weighted by Crippen LogP contribution is -2.32. The number of nitrogens with zero attached hydrogens (tertiary/aromatic N) is 2. The Morgan fingerprint density at radius 1 is 1.28 bits per heavy atom. The molecule has 1 unspecified atom stereocenters. The third-order valence-electron chi connectivity index (χ3n) is 4.90. The SMILES string of the molecule is Cc1cc(C2COc3ccccc3O2)oc(=O)c1C(=O)N(C)Cc1cn[nH]c1C. The third-order valence-corrected chi connectivity index (χ3v) is 4.90. The molecule has 150 valence electrons. The number of aryl methyl sites for hydroxylation is 2. The summed E-state index contributed by atoms with van der Waals surface area (Å²) in [5.41, 5.74) is 1.60. The molecule has 1 amide bonds. The van der Waals surface area contributed by atoms with Crippen molar-refractivity contribution in [3.05, 3.63) is 75.1 Å². The molecule has 0 aliphatic carbocycles. The predicted molar refractivity (Wildman–Crippen MR) is 104 cm³/mol. The predicted octanol–water partition coefficient (Wildman–Crippen LogP) is 2.76. The summed E-state index contributed by atoms with van der Waals surface area (Å²) in [7, 11) is 1.64. The molecule has 1 aliphatic heterocycles. The Bertz CT molecular complexity index is 1120. The number of para-hydroxylation sites is 2. The zero-order valence-electron chi connectivity index (χ0n) is 16.4. The van der Waals surface area contributed by atoms with Crippen LogP contribution in [0.4, 0.5) is 0 Å². The summed E-state index contributed by atoms with van der Waals surface area (Å²) in [4.78, 5) is 27.0. The van der Waals surface area contributed by atoms with Crippen LogP contribution >= 0.6 is 0 Å². The number of nitrogens with one attached hydrogen (secondary N) is 1. The Hall–Kier alpha value is -3.55. The Balaban J connectivity index is 1.57. The van der Waals surface area contributed by atoms with Gasteiger partial charge < -0.3 is 18.8 Å². The van der Waals surface area contributed by atoms with Gasteiger partial charge in [0, 0.05) is 24.8 Å². The molecule has 0 radical (unpaired) electrons. The van der Waals surface area contributed by atoms with E-state index in [4.69, 9.17) is 13.9 Å². The molecule has 1 atom stereocenters. The second kappa shape index (κ2) is 7.46. The van der Waals surface area contributed by atoms with Gasteiger partial charge in [-0.05, 0) is 37.6 Å². The fourth-order valence-corrected chi connectivity index (χ4v) is 3.26. The Kier molecular flexibility index (Phi) is 4.84. The van der Waals surface area contributed by atoms with Crippen LogP contribution < -0.4 is 15.1 Å². The van der Waals surface area contributed by atoms with Gasteiger partial charge in [-0.1, -0.05) is 12.1 Å². The first-order valence-corrected chi connectivity index (χ1v) is 9.21. The minimum Gasteiger partial charge on any atom is -0.485 e. The lowest BCUT2D eigenvalue weighted by Gasteiger charge is -2.26. The van der Waals surface area contributed by atoms with Crippen LogP contribution in [0.3, 0.4) is 0 Å². The second-order valence-corrected chi connectivity index (χ2v) is 7.04. The third kappa shape index (κ3) is 3.61. The van der Waals surface area contributed by atoms with Crippen LogP contribution in [0.15, 0.2) is 45.7 Å². The number of rotatable bonds is 4. The lowest BCUT2D eigenvalue weighted by molar-refractivity contribution is 0.0708. The van der Waals surface area contributed by atoms with Crippen molar-refractivity contribution in [2.24, 2.45) is 0 Å². The highest BCUT2D eigenvalue weighted by Gasteiger charge is 2.28. The minimum atomic E-state index is -0.691. The summed E-state index contributed by atoms with van der Waals surface area (Å²) in [6.45, 7) is 4.13. The molecule has 29 heavy (non-hydrogen) atoms. The Morgan fingerprint density at radius 2 is 2.03 bits per heavy atom. The van der Waals surface area contributed by atoms with Crippen LogP contribution in [0.5, 0.6) is 11.5 Å². The number of aromatic nitrogens is 2. The molecular formula is C21H21N3O5. The zero-order valence-corrected chi connectivity index (χ0v) is 16.4. The number of carbonyl (C=O) groups is 1. The van der Waals surface area contributed by atoms with E-state index in [9.17, 15) is 9.59 Å². The number of H-pyrrole nitrogens is 1. The maximum Gasteiger partial charge on any atom is 0.349 e. The first kappa shape index (κ1) is 18.8. The number of benzene rings is 1. The first-order valence-electron chi connectivity index (χ1n) is 9.21. The van der Waals surface area contributed by atoms with Crippen molar-refractivity contribution in [2.45, 2.75) is 26.5 Å². The highest BCUT2D eigenvalue weighted by molar-refractivity contribution is 5.94. The molecule has 8 nitrogen and oxygen atoms in total. The van der Waals surface area contributed by atoms with Crippen molar-refractivity contribution in [3.8, 4) is 11.5 Å². The van der Waals surface area contributed by atoms with Crippen LogP contribution in [0.2, 0.25) is 0 Å². The van der Waals surface area contributed by atoms with Crippen molar-refractivity contribution in [2.75, 3.05) is 13.7 Å². The van der Waals surface area contributed by atoms with E-state index in [-0.39, 0.29) is 12.2 Å². The van der Waals surface area contributed by atoms with E-state index >= 15 is 0 Å². The number of amides is 1. The van der Waals surface area contributed by atoms with Gasteiger partial charge in [0.2, 0.25) is 0 Å². The van der Waals surface area contributed by atoms with Crippen molar-refractivity contribution >= 4 is 5.91 Å². The van der Waals surface area contributed by atoms with Crippen molar-refractivity contribution in [1.29, 1.82) is 0 Å². The summed E-state index contributed by atoms with van der Waals surface area (Å²) in [6.07, 6.45) is 1.10. The average molecular weight is 395 g/mol. The van der Waals surface area contributed by atoms with Gasteiger partial charge in [0.1, 0.15) is 12.2 Å². The average Bonchev–Trinajstić information content (AvgIpc) is 3.11. The lowest BCUT2D eigenvalue weighted by atomic mass is 10.1. The van der Waals surface area contributed by atoms with E-state index in [2.05, 4.69) is 10.2 Å². The van der Waals surface area contributed by atoms with Crippen LogP contribution in [0.25, 0.3) is 0 Å². The minimum absolute atomic E-state index is 0.00882. The first-order chi connectivity index (χ1) is 13.9. The van der Waals surface area contributed by atoms with E-state index in [1.54, 1.807) is 32.3 Å². The van der Waals surface area contributed by atoms with E-state index in [0.29, 0.717) is 29.4 Å². The Morgan fingerprint density at radius 3 is 2.72 bits per heavy atom. The molecule has 4 rings (SSSR count). The van der Waals surface area contributed by atoms with Crippen LogP contribution in [0.1, 0.15) is 39.0 Å². The van der Waals surface area contributed by atoms with Crippen LogP contribution in [0, 0.1) is 13.8 Å². The van der Waals surface area contributed by atoms with Crippen molar-refractivity contribution in [3.63, 3.8) is 0 Å². The van der Waals surface area contributed by atoms with E-state index < -0.39 is 17.6 Å². The standard InChI is InChI=1S/C21H21N3O5/c1-12-8-17(18-11-27-15-6-4-5-7-16(15)28-18)29-21(26)19(12)20(25)24(3)10-14-9-22-23-13(14)2/h4-9,18H,10-11H2,1-3H3,(H,22,23). The molecular weight excluding hydrogens is 374 g/mol. The maximum absolute atomic E-state index is 12.9. The number of fused-ring (bicyclic) bond motifs is 1. The topological polar surface area (TPSA) is 97.7 Å². The molecule has 1 aromatic carbocycles. The van der Waals surface area contributed by atoms with E-state index in [1.165, 1.54) is 4.90 Å². The molecule has 2 aromatic heterocycles. The van der Waals surface area contributed by atoms with Gasteiger partial charge in [-0.2, -0.15) is 5.10 Å². The van der Waals surface area contributed by atoms with E-state index in [0.717, 1.165) is 11.3 Å². The van der Waals surface area contributed by atoms with Gasteiger partial charge in [0.05, 0.1) is 6.20 Å². The van der Waals surface area contributed by atoms with Crippen molar-refractivity contribution < 1.29 is 18.7 Å². The van der Waals surface area contributed by atoms with Gasteiger partial charge in [0.25, 0.3) is 5.91 Å². The number of hydrogen-bond acceptors (Lipinski definition) is 6. The van der Waals surface area contributed by atoms with E-state index in [1.807, 2.05) is 25.1 Å². The summed E-state index contributed by atoms with van der Waals surface area (Å²) in [6, 6.07) is 8.96. The number of carbonyl (C=O) groups excluding carboxylic acids is 1. The molecule has 8 heteroatoms. The number of hydrogen-bond donors (Lipinski definition) is 1. The molecule has 1 N–H and O–H groups in total. The summed E-state index contributed by atoms with van der Waals surface area (Å²) < 4.78 is 17.0. The van der Waals surface area contributed by atoms with Gasteiger partial charge in [0.15, 0.2) is 23.4 Å². The highest BCUT2D eigenvalue weighted by Crippen LogP contribution is 2.35. The molecule has 1 aliphatic rings. The fraction of sp³-hybridized carbons (Fsp3) is 0.286. The van der Waals surface area contributed by atoms with Gasteiger partial charge >= 0.3 is 5.63 Å². The van der Waals surface area contributed by atoms with Crippen molar-refractivity contribution in [1.82, 2.24) is 15.1 Å². The highest BCUT2D eigenvalue weighted by atomic mass is 16.6. The normalized spacial score (nSPS) is 15.2. The quantitative estimate of drug-likeness (QED) is 0.730. The molecule has 3 heterocycles. The molecule has 0 saturated carbocycles. The Labute approximate surface area is 167 Å². The maximum atomic E-state index is 12.9. The fourth-order valence-electron chi connectivity index (χ4n) is 3.26. The number of ether oxygens (including phenoxy) is 2. The second-order valence-electron chi connectivity index (χ2n) is 7.04. The molecule has 0 spiro atoms. The molecule has 3 aromatic rings. The van der Waals surface area contributed by atoms with Gasteiger partial charge in [-0.15, -0.1) is 0 Å².